The molecule has 0 radical (unpaired) electrons. The predicted octanol–water partition coefficient (Wildman–Crippen LogP) is 4.33. The van der Waals surface area contributed by atoms with Crippen molar-refractivity contribution in [1.29, 1.82) is 0 Å². The van der Waals surface area contributed by atoms with Gasteiger partial charge in [-0.05, 0) is 30.5 Å². The summed E-state index contributed by atoms with van der Waals surface area (Å²) < 4.78 is 35.9. The van der Waals surface area contributed by atoms with Gasteiger partial charge in [0.1, 0.15) is 18.5 Å². The zero-order valence-electron chi connectivity index (χ0n) is 14.3. The van der Waals surface area contributed by atoms with Crippen molar-refractivity contribution in [2.45, 2.75) is 17.9 Å². The van der Waals surface area contributed by atoms with Gasteiger partial charge in [-0.1, -0.05) is 60.2 Å². The molecule has 0 amide bonds. The smallest absolute Gasteiger partial charge is 0.297 e. The maximum atomic E-state index is 12.3. The van der Waals surface area contributed by atoms with Crippen molar-refractivity contribution in [2.75, 3.05) is 6.61 Å². The van der Waals surface area contributed by atoms with Crippen LogP contribution in [0.4, 0.5) is 0 Å². The molecule has 0 saturated heterocycles. The van der Waals surface area contributed by atoms with Crippen LogP contribution in [-0.4, -0.2) is 21.1 Å². The molecule has 5 heteroatoms. The Morgan fingerprint density at radius 1 is 1.00 bits per heavy atom. The number of fused-ring (bicyclic) bond motifs is 3. The first-order valence-corrected chi connectivity index (χ1v) is 9.76. The maximum Gasteiger partial charge on any atom is 0.297 e. The van der Waals surface area contributed by atoms with Gasteiger partial charge in [0.15, 0.2) is 0 Å². The Labute approximate surface area is 152 Å². The Balaban J connectivity index is 1.53. The summed E-state index contributed by atoms with van der Waals surface area (Å²) >= 11 is 0. The number of ether oxygens (including phenoxy) is 1. The van der Waals surface area contributed by atoms with Crippen LogP contribution in [0.1, 0.15) is 11.1 Å². The third kappa shape index (κ3) is 3.23. The zero-order chi connectivity index (χ0) is 18.1. The summed E-state index contributed by atoms with van der Waals surface area (Å²) in [6, 6.07) is 18.6. The van der Waals surface area contributed by atoms with Crippen molar-refractivity contribution in [3.8, 4) is 5.75 Å². The molecule has 132 valence electrons. The van der Waals surface area contributed by atoms with Crippen molar-refractivity contribution < 1.29 is 17.3 Å². The molecule has 26 heavy (non-hydrogen) atoms. The van der Waals surface area contributed by atoms with Crippen LogP contribution in [0, 0.1) is 6.92 Å². The Hall–Kier alpha value is -2.63. The van der Waals surface area contributed by atoms with Gasteiger partial charge in [-0.3, -0.25) is 4.18 Å². The van der Waals surface area contributed by atoms with E-state index in [1.807, 2.05) is 55.5 Å². The number of aryl methyl sites for hydroxylation is 1. The Bertz CT molecular complexity index is 1080. The molecule has 4 rings (SSSR count). The van der Waals surface area contributed by atoms with Gasteiger partial charge in [-0.2, -0.15) is 8.42 Å². The molecule has 0 bridgehead atoms. The van der Waals surface area contributed by atoms with E-state index in [1.165, 1.54) is 0 Å². The fourth-order valence-corrected chi connectivity index (χ4v) is 3.86. The van der Waals surface area contributed by atoms with E-state index in [-0.39, 0.29) is 11.5 Å². The first-order chi connectivity index (χ1) is 12.5. The van der Waals surface area contributed by atoms with Crippen molar-refractivity contribution in [2.24, 2.45) is 0 Å². The third-order valence-electron chi connectivity index (χ3n) is 4.37. The lowest BCUT2D eigenvalue weighted by atomic mass is 10.0. The molecule has 0 aliphatic carbocycles. The number of hydrogen-bond donors (Lipinski definition) is 0. The monoisotopic (exact) mass is 366 g/mol. The highest BCUT2D eigenvalue weighted by Crippen LogP contribution is 2.34. The minimum atomic E-state index is -3.81. The Kier molecular flexibility index (Phi) is 4.26. The summed E-state index contributed by atoms with van der Waals surface area (Å²) in [6.45, 7) is 1.83. The van der Waals surface area contributed by atoms with Crippen LogP contribution in [0.5, 0.6) is 5.75 Å². The fourth-order valence-electron chi connectivity index (χ4n) is 2.94. The van der Waals surface area contributed by atoms with E-state index in [2.05, 4.69) is 0 Å². The van der Waals surface area contributed by atoms with Crippen LogP contribution < -0.4 is 4.74 Å². The summed E-state index contributed by atoms with van der Waals surface area (Å²) in [7, 11) is -3.81. The minimum Gasteiger partial charge on any atom is -0.483 e. The summed E-state index contributed by atoms with van der Waals surface area (Å²) in [5.74, 6) is 0.756. The second-order valence-electron chi connectivity index (χ2n) is 6.27. The van der Waals surface area contributed by atoms with E-state index in [9.17, 15) is 8.42 Å². The molecular weight excluding hydrogens is 348 g/mol. The second kappa shape index (κ2) is 6.59. The Morgan fingerprint density at radius 2 is 1.77 bits per heavy atom. The largest absolute Gasteiger partial charge is 0.483 e. The van der Waals surface area contributed by atoms with E-state index < -0.39 is 16.2 Å². The summed E-state index contributed by atoms with van der Waals surface area (Å²) in [4.78, 5) is 0.147. The van der Waals surface area contributed by atoms with Crippen LogP contribution in [0.15, 0.2) is 71.6 Å². The molecule has 3 aromatic rings. The SMILES string of the molecule is Cc1ccc(S(=O)(=O)OCC2C=Cc3ccc4ccccc4c3O2)cc1. The highest BCUT2D eigenvalue weighted by molar-refractivity contribution is 7.86. The second-order valence-corrected chi connectivity index (χ2v) is 7.89. The van der Waals surface area contributed by atoms with Crippen molar-refractivity contribution >= 4 is 27.0 Å². The fraction of sp³-hybridized carbons (Fsp3) is 0.143. The lowest BCUT2D eigenvalue weighted by Crippen LogP contribution is -2.25. The molecule has 0 aromatic heterocycles. The van der Waals surface area contributed by atoms with Gasteiger partial charge < -0.3 is 4.74 Å². The van der Waals surface area contributed by atoms with Gasteiger partial charge in [0.25, 0.3) is 10.1 Å². The number of hydrogen-bond acceptors (Lipinski definition) is 4. The first-order valence-electron chi connectivity index (χ1n) is 8.36. The van der Waals surface area contributed by atoms with Crippen LogP contribution in [0.25, 0.3) is 16.8 Å². The van der Waals surface area contributed by atoms with Crippen LogP contribution in [0.2, 0.25) is 0 Å². The molecule has 0 N–H and O–H groups in total. The minimum absolute atomic E-state index is 0.0740. The average Bonchev–Trinajstić information content (AvgIpc) is 2.66. The molecule has 1 atom stereocenters. The molecule has 1 aliphatic rings. The van der Waals surface area contributed by atoms with E-state index in [1.54, 1.807) is 24.3 Å². The quantitative estimate of drug-likeness (QED) is 0.645. The molecule has 0 fully saturated rings. The highest BCUT2D eigenvalue weighted by Gasteiger charge is 2.21. The van der Waals surface area contributed by atoms with Crippen molar-refractivity contribution in [3.63, 3.8) is 0 Å². The van der Waals surface area contributed by atoms with Gasteiger partial charge in [0.05, 0.1) is 4.90 Å². The molecule has 1 unspecified atom stereocenters. The molecule has 4 nitrogen and oxygen atoms in total. The summed E-state index contributed by atoms with van der Waals surface area (Å²) in [5, 5.41) is 2.08. The van der Waals surface area contributed by atoms with Gasteiger partial charge in [-0.25, -0.2) is 0 Å². The van der Waals surface area contributed by atoms with E-state index in [4.69, 9.17) is 8.92 Å². The molecule has 3 aromatic carbocycles. The van der Waals surface area contributed by atoms with Crippen LogP contribution in [0.3, 0.4) is 0 Å². The van der Waals surface area contributed by atoms with Crippen molar-refractivity contribution in [1.82, 2.24) is 0 Å². The molecule has 0 spiro atoms. The predicted molar refractivity (Wildman–Crippen MR) is 102 cm³/mol. The summed E-state index contributed by atoms with van der Waals surface area (Å²) in [5.41, 5.74) is 1.97. The van der Waals surface area contributed by atoms with E-state index >= 15 is 0 Å². The topological polar surface area (TPSA) is 52.6 Å². The van der Waals surface area contributed by atoms with Crippen LogP contribution >= 0.6 is 0 Å². The van der Waals surface area contributed by atoms with Crippen molar-refractivity contribution in [3.05, 3.63) is 77.9 Å². The standard InChI is InChI=1S/C21H18O4S/c1-15-6-12-19(13-7-15)26(22,23)24-14-18-11-10-17-9-8-16-4-2-3-5-20(16)21(17)25-18/h2-13,18H,14H2,1H3. The lowest BCUT2D eigenvalue weighted by Gasteiger charge is -2.22. The molecular formula is C21H18O4S. The number of benzene rings is 3. The third-order valence-corrected chi connectivity index (χ3v) is 5.66. The molecule has 1 heterocycles. The maximum absolute atomic E-state index is 12.3. The molecule has 1 aliphatic heterocycles. The van der Waals surface area contributed by atoms with Gasteiger partial charge in [0, 0.05) is 10.9 Å². The van der Waals surface area contributed by atoms with Gasteiger partial charge >= 0.3 is 0 Å². The van der Waals surface area contributed by atoms with E-state index in [0.29, 0.717) is 0 Å². The zero-order valence-corrected chi connectivity index (χ0v) is 15.1. The summed E-state index contributed by atoms with van der Waals surface area (Å²) in [6.07, 6.45) is 3.30. The van der Waals surface area contributed by atoms with Gasteiger partial charge in [0.2, 0.25) is 0 Å². The van der Waals surface area contributed by atoms with E-state index in [0.717, 1.165) is 27.6 Å². The highest BCUT2D eigenvalue weighted by atomic mass is 32.2. The van der Waals surface area contributed by atoms with Crippen LogP contribution in [-0.2, 0) is 14.3 Å². The average molecular weight is 366 g/mol. The normalized spacial score (nSPS) is 16.3. The molecule has 0 saturated carbocycles. The number of rotatable bonds is 4. The first kappa shape index (κ1) is 16.8. The van der Waals surface area contributed by atoms with Gasteiger partial charge in [-0.15, -0.1) is 0 Å². The Morgan fingerprint density at radius 3 is 2.58 bits per heavy atom. The lowest BCUT2D eigenvalue weighted by molar-refractivity contribution is 0.167.